The Morgan fingerprint density at radius 3 is 1.25 bits per heavy atom. The number of amides is 4. The molecule has 2 saturated heterocycles. The molecular weight excluding hydrogens is 817 g/mol. The van der Waals surface area contributed by atoms with E-state index in [1.54, 1.807) is 107 Å². The van der Waals surface area contributed by atoms with E-state index >= 15 is 0 Å². The molecule has 7 N–H and O–H groups in total. The number of hydrogen-bond acceptors (Lipinski definition) is 13. The average molecular weight is 881 g/mol. The van der Waals surface area contributed by atoms with Gasteiger partial charge >= 0.3 is 24.4 Å². The molecule has 19 heteroatoms. The lowest BCUT2D eigenvalue weighted by Crippen LogP contribution is -2.58. The molecule has 60 heavy (non-hydrogen) atoms. The molecule has 2 aromatic rings. The third kappa shape index (κ3) is 15.4. The van der Waals surface area contributed by atoms with Crippen LogP contribution in [0, 0.1) is 0 Å². The topological polar surface area (TPSA) is 211 Å². The van der Waals surface area contributed by atoms with Crippen LogP contribution in [0.15, 0.2) is 24.3 Å². The summed E-state index contributed by atoms with van der Waals surface area (Å²) in [5.74, 6) is 0.508. The SMILES string of the molecule is CC(C)(C)OC(=O)N[C@@H]1C[C@H](NC(=O)OC(C)(C)C)CN(c2nc(Nc3ccc(N)cc3)c(Cl)c(N3C[C@H](NC(=O)OC(C)(C)C)C[C@H](NC(=O)OC(C)(C)C)C3)c2Cl)C1. The second-order valence-corrected chi connectivity index (χ2v) is 19.9. The van der Waals surface area contributed by atoms with Crippen molar-refractivity contribution < 1.29 is 38.1 Å². The van der Waals surface area contributed by atoms with Gasteiger partial charge in [-0.2, -0.15) is 0 Å². The Hall–Kier alpha value is -4.77. The predicted octanol–water partition coefficient (Wildman–Crippen LogP) is 7.71. The van der Waals surface area contributed by atoms with Crippen LogP contribution in [0.1, 0.15) is 95.9 Å². The molecule has 1 aromatic carbocycles. The molecule has 334 valence electrons. The summed E-state index contributed by atoms with van der Waals surface area (Å²) in [5.41, 5.74) is 4.47. The first-order valence-electron chi connectivity index (χ1n) is 20.0. The molecule has 2 aliphatic heterocycles. The zero-order chi connectivity index (χ0) is 45.0. The van der Waals surface area contributed by atoms with E-state index in [-0.39, 0.29) is 47.9 Å². The van der Waals surface area contributed by atoms with Gasteiger partial charge < -0.3 is 61.1 Å². The van der Waals surface area contributed by atoms with Gasteiger partial charge in [0.15, 0.2) is 11.6 Å². The number of carbonyl (C=O) groups is 4. The second-order valence-electron chi connectivity index (χ2n) is 19.2. The molecule has 3 heterocycles. The summed E-state index contributed by atoms with van der Waals surface area (Å²) >= 11 is 14.7. The van der Waals surface area contributed by atoms with Crippen LogP contribution in [0.5, 0.6) is 0 Å². The molecule has 0 bridgehead atoms. The maximum atomic E-state index is 13.1. The summed E-state index contributed by atoms with van der Waals surface area (Å²) in [6.45, 7) is 22.0. The number of halogens is 2. The maximum Gasteiger partial charge on any atom is 0.407 e. The molecule has 2 aliphatic rings. The van der Waals surface area contributed by atoms with Crippen molar-refractivity contribution in [1.29, 1.82) is 0 Å². The molecule has 4 rings (SSSR count). The fourth-order valence-corrected chi connectivity index (χ4v) is 7.39. The van der Waals surface area contributed by atoms with E-state index in [9.17, 15) is 19.2 Å². The molecule has 4 atom stereocenters. The Bertz CT molecular complexity index is 1780. The van der Waals surface area contributed by atoms with Gasteiger partial charge in [0.1, 0.15) is 32.4 Å². The summed E-state index contributed by atoms with van der Waals surface area (Å²) in [7, 11) is 0. The lowest BCUT2D eigenvalue weighted by atomic mass is 9.99. The van der Waals surface area contributed by atoms with Crippen molar-refractivity contribution in [2.45, 2.75) is 142 Å². The minimum absolute atomic E-state index is 0.144. The molecule has 4 amide bonds. The summed E-state index contributed by atoms with van der Waals surface area (Å²) in [6.07, 6.45) is -1.86. The van der Waals surface area contributed by atoms with Gasteiger partial charge in [-0.1, -0.05) is 23.2 Å². The monoisotopic (exact) mass is 879 g/mol. The average Bonchev–Trinajstić information content (AvgIpc) is 3.03. The van der Waals surface area contributed by atoms with Crippen LogP contribution in [0.2, 0.25) is 10.0 Å². The predicted molar refractivity (Wildman–Crippen MR) is 235 cm³/mol. The van der Waals surface area contributed by atoms with Crippen molar-refractivity contribution in [3.63, 3.8) is 0 Å². The zero-order valence-corrected chi connectivity index (χ0v) is 38.3. The van der Waals surface area contributed by atoms with Gasteiger partial charge in [0, 0.05) is 37.6 Å². The van der Waals surface area contributed by atoms with Crippen molar-refractivity contribution in [1.82, 2.24) is 26.3 Å². The third-order valence-corrected chi connectivity index (χ3v) is 9.32. The fraction of sp³-hybridized carbons (Fsp3) is 0.634. The van der Waals surface area contributed by atoms with Crippen molar-refractivity contribution >= 4 is 76.3 Å². The number of ether oxygens (including phenoxy) is 4. The molecule has 0 radical (unpaired) electrons. The van der Waals surface area contributed by atoms with E-state index in [0.29, 0.717) is 29.9 Å². The number of nitrogens with zero attached hydrogens (tertiary/aromatic N) is 3. The fourth-order valence-electron chi connectivity index (χ4n) is 6.66. The van der Waals surface area contributed by atoms with Crippen LogP contribution in [0.25, 0.3) is 0 Å². The Morgan fingerprint density at radius 2 is 0.917 bits per heavy atom. The number of piperidine rings is 2. The van der Waals surface area contributed by atoms with Crippen LogP contribution < -0.4 is 42.1 Å². The van der Waals surface area contributed by atoms with Crippen molar-refractivity contribution in [2.24, 2.45) is 0 Å². The van der Waals surface area contributed by atoms with Crippen LogP contribution >= 0.6 is 23.2 Å². The molecule has 0 unspecified atom stereocenters. The van der Waals surface area contributed by atoms with Gasteiger partial charge in [-0.15, -0.1) is 0 Å². The van der Waals surface area contributed by atoms with Gasteiger partial charge in [0.25, 0.3) is 0 Å². The van der Waals surface area contributed by atoms with E-state index < -0.39 is 70.9 Å². The second kappa shape index (κ2) is 18.9. The smallest absolute Gasteiger partial charge is 0.407 e. The van der Waals surface area contributed by atoms with Crippen LogP contribution in [0.4, 0.5) is 47.9 Å². The Labute approximate surface area is 363 Å². The largest absolute Gasteiger partial charge is 0.444 e. The van der Waals surface area contributed by atoms with Gasteiger partial charge in [-0.25, -0.2) is 24.2 Å². The van der Waals surface area contributed by atoms with Crippen LogP contribution in [-0.4, -0.2) is 102 Å². The molecule has 2 fully saturated rings. The Morgan fingerprint density at radius 1 is 0.583 bits per heavy atom. The number of anilines is 5. The number of pyridine rings is 1. The van der Waals surface area contributed by atoms with E-state index in [0.717, 1.165) is 0 Å². The molecule has 17 nitrogen and oxygen atoms in total. The van der Waals surface area contributed by atoms with Gasteiger partial charge in [0.05, 0.1) is 29.9 Å². The highest BCUT2D eigenvalue weighted by atomic mass is 35.5. The van der Waals surface area contributed by atoms with Crippen LogP contribution in [0.3, 0.4) is 0 Å². The summed E-state index contributed by atoms with van der Waals surface area (Å²) in [5, 5.41) is 15.4. The third-order valence-electron chi connectivity index (χ3n) is 8.61. The Balaban J connectivity index is 1.82. The number of nitrogens with two attached hydrogens (primary N) is 1. The lowest BCUT2D eigenvalue weighted by Gasteiger charge is -2.42. The van der Waals surface area contributed by atoms with Crippen LogP contribution in [-0.2, 0) is 18.9 Å². The molecule has 0 aliphatic carbocycles. The van der Waals surface area contributed by atoms with Gasteiger partial charge in [-0.05, 0) is 120 Å². The summed E-state index contributed by atoms with van der Waals surface area (Å²) in [4.78, 5) is 61.0. The first-order chi connectivity index (χ1) is 27.5. The number of rotatable bonds is 8. The number of carbonyl (C=O) groups excluding carboxylic acids is 4. The van der Waals surface area contributed by atoms with Gasteiger partial charge in [-0.3, -0.25) is 0 Å². The van der Waals surface area contributed by atoms with Crippen molar-refractivity contribution in [3.8, 4) is 0 Å². The summed E-state index contributed by atoms with van der Waals surface area (Å²) in [6, 6.07) is 4.80. The minimum atomic E-state index is -0.761. The van der Waals surface area contributed by atoms with Crippen molar-refractivity contribution in [3.05, 3.63) is 34.3 Å². The molecule has 0 spiro atoms. The highest BCUT2D eigenvalue weighted by molar-refractivity contribution is 6.42. The minimum Gasteiger partial charge on any atom is -0.444 e. The molecule has 1 aromatic heterocycles. The Kier molecular flexibility index (Phi) is 15.1. The quantitative estimate of drug-likeness (QED) is 0.111. The first-order valence-corrected chi connectivity index (χ1v) is 20.8. The van der Waals surface area contributed by atoms with E-state index in [4.69, 9.17) is 52.9 Å². The maximum absolute atomic E-state index is 13.1. The lowest BCUT2D eigenvalue weighted by molar-refractivity contribution is 0.0452. The standard InChI is InChI=1S/C41H63Cl2N9O8/c1-38(2,3)57-34(53)46-25-17-26(47-35(54)58-39(4,5)6)20-51(19-25)31-29(42)32(45-24-15-13-23(44)14-16-24)50-33(30(31)43)52-21-27(48-36(55)59-40(7,8)9)18-28(22-52)49-37(56)60-41(10,11)12/h13-16,25-28H,17-22,44H2,1-12H3,(H,45,50)(H,46,53)(H,47,54)(H,48,55)(H,49,56)/t25-,26+,27-,28+. The number of alkyl carbamates (subject to hydrolysis) is 4. The van der Waals surface area contributed by atoms with Gasteiger partial charge in [0.2, 0.25) is 0 Å². The first kappa shape index (κ1) is 47.9. The normalized spacial score (nSPS) is 20.0. The number of hydrogen-bond donors (Lipinski definition) is 6. The van der Waals surface area contributed by atoms with E-state index in [2.05, 4.69) is 26.6 Å². The highest BCUT2D eigenvalue weighted by Gasteiger charge is 2.38. The number of aromatic nitrogens is 1. The number of nitrogen functional groups attached to an aromatic ring is 1. The summed E-state index contributed by atoms with van der Waals surface area (Å²) < 4.78 is 22.3. The number of benzene rings is 1. The van der Waals surface area contributed by atoms with E-state index in [1.165, 1.54) is 0 Å². The van der Waals surface area contributed by atoms with Crippen molar-refractivity contribution in [2.75, 3.05) is 47.0 Å². The zero-order valence-electron chi connectivity index (χ0n) is 36.8. The highest BCUT2D eigenvalue weighted by Crippen LogP contribution is 2.45. The number of nitrogens with one attached hydrogen (secondary N) is 5. The van der Waals surface area contributed by atoms with E-state index in [1.807, 2.05) is 9.80 Å². The molecular formula is C41H63Cl2N9O8. The molecule has 0 saturated carbocycles.